The van der Waals surface area contributed by atoms with E-state index >= 15 is 0 Å². The molecule has 0 spiro atoms. The van der Waals surface area contributed by atoms with Crippen molar-refractivity contribution in [2.45, 2.75) is 149 Å². The summed E-state index contributed by atoms with van der Waals surface area (Å²) in [4.78, 5) is 0. The SMILES string of the molecule is CC1(C)CC(O)C2(C)C(O)CC3(C)C(=CCC4C5(C)CCC(OC6OC(CO)C(O)C(O)C6O)C(C)(CO)C5CCC43C)C2C1. The number of aliphatic hydroxyl groups is 7. The van der Waals surface area contributed by atoms with Crippen molar-refractivity contribution in [3.05, 3.63) is 11.6 Å². The minimum Gasteiger partial charge on any atom is -0.396 e. The maximum Gasteiger partial charge on any atom is 0.186 e. The molecule has 1 saturated heterocycles. The summed E-state index contributed by atoms with van der Waals surface area (Å²) in [5.41, 5.74) is -0.208. The molecular formula is C36H60O9. The lowest BCUT2D eigenvalue weighted by atomic mass is 9.33. The Morgan fingerprint density at radius 1 is 0.800 bits per heavy atom. The van der Waals surface area contributed by atoms with Crippen LogP contribution in [-0.2, 0) is 9.47 Å². The van der Waals surface area contributed by atoms with Crippen LogP contribution in [0.4, 0.5) is 0 Å². The number of hydrogen-bond acceptors (Lipinski definition) is 9. The van der Waals surface area contributed by atoms with Gasteiger partial charge in [0.25, 0.3) is 0 Å². The minimum absolute atomic E-state index is 0.00787. The highest BCUT2D eigenvalue weighted by Gasteiger charge is 2.71. The Hall–Kier alpha value is -0.620. The van der Waals surface area contributed by atoms with Gasteiger partial charge in [0.05, 0.1) is 31.5 Å². The first-order valence-electron chi connectivity index (χ1n) is 17.5. The molecule has 0 amide bonds. The van der Waals surface area contributed by atoms with Gasteiger partial charge >= 0.3 is 0 Å². The molecular weight excluding hydrogens is 576 g/mol. The Morgan fingerprint density at radius 2 is 1.47 bits per heavy atom. The molecule has 258 valence electrons. The second kappa shape index (κ2) is 10.9. The zero-order chi connectivity index (χ0) is 33.1. The van der Waals surface area contributed by atoms with Crippen molar-refractivity contribution in [3.8, 4) is 0 Å². The summed E-state index contributed by atoms with van der Waals surface area (Å²) < 4.78 is 12.1. The van der Waals surface area contributed by atoms with Gasteiger partial charge in [-0.15, -0.1) is 0 Å². The number of hydrogen-bond donors (Lipinski definition) is 7. The first-order chi connectivity index (χ1) is 20.8. The molecule has 6 rings (SSSR count). The third-order valence-corrected chi connectivity index (χ3v) is 15.4. The third-order valence-electron chi connectivity index (χ3n) is 15.4. The molecule has 9 nitrogen and oxygen atoms in total. The number of aliphatic hydroxyl groups excluding tert-OH is 7. The van der Waals surface area contributed by atoms with Gasteiger partial charge in [0.1, 0.15) is 24.4 Å². The highest BCUT2D eigenvalue weighted by molar-refractivity contribution is 5.35. The van der Waals surface area contributed by atoms with Gasteiger partial charge in [0.15, 0.2) is 6.29 Å². The third kappa shape index (κ3) is 4.58. The van der Waals surface area contributed by atoms with Crippen molar-refractivity contribution < 1.29 is 45.2 Å². The lowest BCUT2D eigenvalue weighted by Gasteiger charge is -2.72. The molecule has 1 aliphatic heterocycles. The molecule has 0 radical (unpaired) electrons. The molecule has 7 N–H and O–H groups in total. The fraction of sp³-hybridized carbons (Fsp3) is 0.944. The molecule has 0 aromatic heterocycles. The summed E-state index contributed by atoms with van der Waals surface area (Å²) in [6, 6.07) is 0. The molecule has 1 heterocycles. The number of rotatable bonds is 4. The van der Waals surface area contributed by atoms with E-state index in [0.717, 1.165) is 32.1 Å². The maximum absolute atomic E-state index is 11.9. The summed E-state index contributed by atoms with van der Waals surface area (Å²) in [7, 11) is 0. The van der Waals surface area contributed by atoms with Crippen molar-refractivity contribution in [1.29, 1.82) is 0 Å². The molecule has 4 saturated carbocycles. The number of ether oxygens (including phenoxy) is 2. The Labute approximate surface area is 269 Å². The van der Waals surface area contributed by atoms with Crippen molar-refractivity contribution in [2.24, 2.45) is 50.2 Å². The van der Waals surface area contributed by atoms with Crippen LogP contribution in [0.15, 0.2) is 11.6 Å². The van der Waals surface area contributed by atoms with Crippen LogP contribution in [0.5, 0.6) is 0 Å². The van der Waals surface area contributed by atoms with Gasteiger partial charge in [-0.1, -0.05) is 60.1 Å². The van der Waals surface area contributed by atoms with Crippen molar-refractivity contribution in [3.63, 3.8) is 0 Å². The van der Waals surface area contributed by atoms with Crippen molar-refractivity contribution in [2.75, 3.05) is 13.2 Å². The van der Waals surface area contributed by atoms with Crippen LogP contribution >= 0.6 is 0 Å². The summed E-state index contributed by atoms with van der Waals surface area (Å²) in [6.07, 6.45) is 0.661. The second-order valence-corrected chi connectivity index (χ2v) is 18.0. The predicted octanol–water partition coefficient (Wildman–Crippen LogP) is 2.91. The van der Waals surface area contributed by atoms with Crippen LogP contribution in [0.2, 0.25) is 0 Å². The average molecular weight is 637 g/mol. The molecule has 16 atom stereocenters. The quantitative estimate of drug-likeness (QED) is 0.182. The van der Waals surface area contributed by atoms with Crippen LogP contribution in [0.25, 0.3) is 0 Å². The van der Waals surface area contributed by atoms with Crippen LogP contribution < -0.4 is 0 Å². The zero-order valence-corrected chi connectivity index (χ0v) is 28.4. The topological polar surface area (TPSA) is 160 Å². The highest BCUT2D eigenvalue weighted by Crippen LogP contribution is 2.75. The van der Waals surface area contributed by atoms with Gasteiger partial charge in [-0.05, 0) is 90.8 Å². The maximum atomic E-state index is 11.9. The smallest absolute Gasteiger partial charge is 0.186 e. The molecule has 0 aromatic carbocycles. The molecule has 5 aliphatic carbocycles. The Bertz CT molecular complexity index is 1170. The van der Waals surface area contributed by atoms with Crippen LogP contribution in [0.1, 0.15) is 99.8 Å². The molecule has 9 heteroatoms. The van der Waals surface area contributed by atoms with Gasteiger partial charge in [0, 0.05) is 10.8 Å². The van der Waals surface area contributed by atoms with Gasteiger partial charge in [-0.3, -0.25) is 0 Å². The van der Waals surface area contributed by atoms with Crippen LogP contribution in [-0.4, -0.2) is 98.0 Å². The summed E-state index contributed by atoms with van der Waals surface area (Å²) >= 11 is 0. The first-order valence-corrected chi connectivity index (χ1v) is 17.5. The Balaban J connectivity index is 1.32. The summed E-state index contributed by atoms with van der Waals surface area (Å²) in [5.74, 6) is 0.554. The fourth-order valence-electron chi connectivity index (χ4n) is 12.3. The molecule has 5 fully saturated rings. The van der Waals surface area contributed by atoms with E-state index in [4.69, 9.17) is 9.47 Å². The van der Waals surface area contributed by atoms with E-state index in [1.165, 1.54) is 5.57 Å². The van der Waals surface area contributed by atoms with E-state index in [0.29, 0.717) is 25.2 Å². The minimum atomic E-state index is -1.52. The van der Waals surface area contributed by atoms with E-state index in [2.05, 4.69) is 54.5 Å². The Kier molecular flexibility index (Phi) is 8.33. The summed E-state index contributed by atoms with van der Waals surface area (Å²) in [6.45, 7) is 15.2. The van der Waals surface area contributed by atoms with E-state index in [1.54, 1.807) is 0 Å². The predicted molar refractivity (Wildman–Crippen MR) is 168 cm³/mol. The molecule has 16 unspecified atom stereocenters. The lowest BCUT2D eigenvalue weighted by Crippen LogP contribution is -2.68. The molecule has 0 aromatic rings. The van der Waals surface area contributed by atoms with Crippen LogP contribution in [0, 0.1) is 50.2 Å². The summed E-state index contributed by atoms with van der Waals surface area (Å²) in [5, 5.41) is 75.5. The van der Waals surface area contributed by atoms with Crippen molar-refractivity contribution >= 4 is 0 Å². The first kappa shape index (κ1) is 34.3. The Morgan fingerprint density at radius 3 is 2.11 bits per heavy atom. The van der Waals surface area contributed by atoms with E-state index < -0.39 is 66.5 Å². The highest BCUT2D eigenvalue weighted by atomic mass is 16.7. The van der Waals surface area contributed by atoms with Gasteiger partial charge < -0.3 is 45.2 Å². The standard InChI is InChI=1S/C36H60O9/c1-31(2)14-20-19-8-9-23-32(3)12-11-26(45-30-29(43)28(42)27(41)21(17-37)44-30)33(4,18-38)22(32)10-13-34(23,5)35(19,6)16-25(40)36(20,7)24(39)15-31/h8,20-30,37-43H,9-18H2,1-7H3. The van der Waals surface area contributed by atoms with Crippen LogP contribution in [0.3, 0.4) is 0 Å². The van der Waals surface area contributed by atoms with E-state index in [9.17, 15) is 35.7 Å². The number of allylic oxidation sites excluding steroid dienone is 2. The van der Waals surface area contributed by atoms with Gasteiger partial charge in [-0.2, -0.15) is 0 Å². The molecule has 6 aliphatic rings. The fourth-order valence-corrected chi connectivity index (χ4v) is 12.3. The largest absolute Gasteiger partial charge is 0.396 e. The second-order valence-electron chi connectivity index (χ2n) is 18.0. The number of fused-ring (bicyclic) bond motifs is 7. The van der Waals surface area contributed by atoms with Gasteiger partial charge in [0.2, 0.25) is 0 Å². The van der Waals surface area contributed by atoms with Gasteiger partial charge in [-0.25, -0.2) is 0 Å². The van der Waals surface area contributed by atoms with E-state index in [1.807, 2.05) is 0 Å². The monoisotopic (exact) mass is 636 g/mol. The van der Waals surface area contributed by atoms with E-state index in [-0.39, 0.29) is 40.1 Å². The van der Waals surface area contributed by atoms with Crippen molar-refractivity contribution in [1.82, 2.24) is 0 Å². The lowest BCUT2D eigenvalue weighted by molar-refractivity contribution is -0.333. The zero-order valence-electron chi connectivity index (χ0n) is 28.4. The molecule has 45 heavy (non-hydrogen) atoms. The average Bonchev–Trinajstić information content (AvgIpc) is 2.96. The normalized spacial score (nSPS) is 57.6. The molecule has 0 bridgehead atoms.